The molecule has 0 spiro atoms. The highest BCUT2D eigenvalue weighted by Crippen LogP contribution is 2.31. The minimum Gasteiger partial charge on any atom is -0.341 e. The lowest BCUT2D eigenvalue weighted by Gasteiger charge is -2.43. The van der Waals surface area contributed by atoms with E-state index in [4.69, 9.17) is 0 Å². The second-order valence-corrected chi connectivity index (χ2v) is 6.91. The van der Waals surface area contributed by atoms with Gasteiger partial charge in [-0.15, -0.1) is 0 Å². The number of piperazine rings is 1. The van der Waals surface area contributed by atoms with Gasteiger partial charge in [0.2, 0.25) is 11.8 Å². The Bertz CT molecular complexity index is 349. The largest absolute Gasteiger partial charge is 0.341 e. The van der Waals surface area contributed by atoms with Crippen molar-refractivity contribution in [3.8, 4) is 0 Å². The van der Waals surface area contributed by atoms with Gasteiger partial charge in [0, 0.05) is 11.3 Å². The fourth-order valence-corrected chi connectivity index (χ4v) is 3.66. The molecule has 0 atom stereocenters. The van der Waals surface area contributed by atoms with Crippen LogP contribution in [0.3, 0.4) is 0 Å². The first-order chi connectivity index (χ1) is 8.44. The molecule has 0 radical (unpaired) electrons. The van der Waals surface area contributed by atoms with Crippen molar-refractivity contribution in [1.82, 2.24) is 10.2 Å². The predicted molar refractivity (Wildman–Crippen MR) is 73.5 cm³/mol. The van der Waals surface area contributed by atoms with Gasteiger partial charge in [0.25, 0.3) is 0 Å². The zero-order valence-corrected chi connectivity index (χ0v) is 12.2. The molecule has 102 valence electrons. The van der Waals surface area contributed by atoms with Crippen LogP contribution in [0.5, 0.6) is 0 Å². The van der Waals surface area contributed by atoms with Crippen LogP contribution in [0.15, 0.2) is 0 Å². The lowest BCUT2D eigenvalue weighted by Crippen LogP contribution is -2.66. The summed E-state index contributed by atoms with van der Waals surface area (Å²) in [4.78, 5) is 25.8. The van der Waals surface area contributed by atoms with Crippen LogP contribution >= 0.6 is 11.8 Å². The first-order valence-corrected chi connectivity index (χ1v) is 7.87. The van der Waals surface area contributed by atoms with Gasteiger partial charge in [-0.2, -0.15) is 11.8 Å². The highest BCUT2D eigenvalue weighted by molar-refractivity contribution is 7.99. The zero-order chi connectivity index (χ0) is 13.3. The van der Waals surface area contributed by atoms with E-state index in [1.165, 1.54) is 0 Å². The quantitative estimate of drug-likeness (QED) is 0.825. The first-order valence-electron chi connectivity index (χ1n) is 6.59. The molecule has 0 aromatic heterocycles. The van der Waals surface area contributed by atoms with Crippen molar-refractivity contribution in [2.24, 2.45) is 0 Å². The molecule has 1 aliphatic carbocycles. The van der Waals surface area contributed by atoms with Gasteiger partial charge in [0.1, 0.15) is 5.54 Å². The van der Waals surface area contributed by atoms with Crippen molar-refractivity contribution < 1.29 is 9.59 Å². The SMILES string of the molecule is CSC1CCC(N2CC(=O)NC(C)(C)C2=O)CC1. The van der Waals surface area contributed by atoms with Crippen LogP contribution in [0.4, 0.5) is 0 Å². The third-order valence-corrected chi connectivity index (χ3v) is 5.12. The van der Waals surface area contributed by atoms with Crippen molar-refractivity contribution in [3.05, 3.63) is 0 Å². The van der Waals surface area contributed by atoms with Gasteiger partial charge in [-0.25, -0.2) is 0 Å². The Labute approximate surface area is 113 Å². The maximum atomic E-state index is 12.3. The summed E-state index contributed by atoms with van der Waals surface area (Å²) in [6.07, 6.45) is 6.50. The van der Waals surface area contributed by atoms with E-state index in [0.717, 1.165) is 30.9 Å². The molecule has 2 rings (SSSR count). The number of carbonyl (C=O) groups excluding carboxylic acids is 2. The van der Waals surface area contributed by atoms with Crippen LogP contribution in [-0.4, -0.2) is 46.3 Å². The van der Waals surface area contributed by atoms with E-state index in [0.29, 0.717) is 0 Å². The number of hydrogen-bond donors (Lipinski definition) is 1. The minimum atomic E-state index is -0.744. The zero-order valence-electron chi connectivity index (χ0n) is 11.4. The summed E-state index contributed by atoms with van der Waals surface area (Å²) in [6.45, 7) is 3.80. The standard InChI is InChI=1S/C13H22N2O2S/c1-13(2)12(17)15(8-11(16)14-13)9-4-6-10(18-3)7-5-9/h9-10H,4-8H2,1-3H3,(H,14,16). The van der Waals surface area contributed by atoms with E-state index in [9.17, 15) is 9.59 Å². The Morgan fingerprint density at radius 2 is 1.83 bits per heavy atom. The molecule has 2 fully saturated rings. The van der Waals surface area contributed by atoms with Crippen LogP contribution in [-0.2, 0) is 9.59 Å². The topological polar surface area (TPSA) is 49.4 Å². The van der Waals surface area contributed by atoms with Gasteiger partial charge in [-0.05, 0) is 45.8 Å². The molecule has 2 aliphatic rings. The lowest BCUT2D eigenvalue weighted by molar-refractivity contribution is -0.151. The number of nitrogens with one attached hydrogen (secondary N) is 1. The maximum Gasteiger partial charge on any atom is 0.248 e. The van der Waals surface area contributed by atoms with Crippen molar-refractivity contribution in [1.29, 1.82) is 0 Å². The van der Waals surface area contributed by atoms with E-state index >= 15 is 0 Å². The van der Waals surface area contributed by atoms with E-state index in [2.05, 4.69) is 11.6 Å². The molecule has 1 saturated carbocycles. The van der Waals surface area contributed by atoms with Gasteiger partial charge < -0.3 is 10.2 Å². The monoisotopic (exact) mass is 270 g/mol. The third kappa shape index (κ3) is 2.66. The Morgan fingerprint density at radius 1 is 1.22 bits per heavy atom. The van der Waals surface area contributed by atoms with Gasteiger partial charge in [-0.1, -0.05) is 0 Å². The first kappa shape index (κ1) is 13.7. The minimum absolute atomic E-state index is 0.0356. The number of rotatable bonds is 2. The number of hydrogen-bond acceptors (Lipinski definition) is 3. The Morgan fingerprint density at radius 3 is 2.39 bits per heavy atom. The molecule has 18 heavy (non-hydrogen) atoms. The fraction of sp³-hybridized carbons (Fsp3) is 0.846. The van der Waals surface area contributed by atoms with E-state index < -0.39 is 5.54 Å². The number of nitrogens with zero attached hydrogens (tertiary/aromatic N) is 1. The molecule has 0 aromatic rings. The van der Waals surface area contributed by atoms with Gasteiger partial charge in [0.15, 0.2) is 0 Å². The van der Waals surface area contributed by atoms with Crippen LogP contribution in [0.25, 0.3) is 0 Å². The number of carbonyl (C=O) groups is 2. The average Bonchev–Trinajstić information content (AvgIpc) is 2.33. The average molecular weight is 270 g/mol. The van der Waals surface area contributed by atoms with Crippen LogP contribution in [0.2, 0.25) is 0 Å². The van der Waals surface area contributed by atoms with Gasteiger partial charge in [0.05, 0.1) is 6.54 Å². The molecule has 1 aliphatic heterocycles. The van der Waals surface area contributed by atoms with E-state index in [1.807, 2.05) is 11.8 Å². The summed E-state index contributed by atoms with van der Waals surface area (Å²) in [5.41, 5.74) is -0.744. The summed E-state index contributed by atoms with van der Waals surface area (Å²) in [7, 11) is 0. The smallest absolute Gasteiger partial charge is 0.248 e. The molecule has 4 nitrogen and oxygen atoms in total. The number of thioether (sulfide) groups is 1. The molecular formula is C13H22N2O2S. The molecule has 0 bridgehead atoms. The van der Waals surface area contributed by atoms with Crippen LogP contribution < -0.4 is 5.32 Å². The van der Waals surface area contributed by atoms with Crippen molar-refractivity contribution in [2.45, 2.75) is 56.4 Å². The van der Waals surface area contributed by atoms with E-state index in [1.54, 1.807) is 18.7 Å². The fourth-order valence-electron chi connectivity index (χ4n) is 2.91. The maximum absolute atomic E-state index is 12.3. The Balaban J connectivity index is 2.04. The van der Waals surface area contributed by atoms with Crippen molar-refractivity contribution in [3.63, 3.8) is 0 Å². The summed E-state index contributed by atoms with van der Waals surface area (Å²) in [6, 6.07) is 0.256. The Kier molecular flexibility index (Phi) is 3.90. The van der Waals surface area contributed by atoms with E-state index in [-0.39, 0.29) is 24.4 Å². The van der Waals surface area contributed by atoms with Crippen LogP contribution in [0.1, 0.15) is 39.5 Å². The highest BCUT2D eigenvalue weighted by Gasteiger charge is 2.42. The van der Waals surface area contributed by atoms with Crippen molar-refractivity contribution in [2.75, 3.05) is 12.8 Å². The summed E-state index contributed by atoms with van der Waals surface area (Å²) >= 11 is 1.91. The third-order valence-electron chi connectivity index (χ3n) is 3.98. The summed E-state index contributed by atoms with van der Waals surface area (Å²) in [5, 5.41) is 3.49. The normalized spacial score (nSPS) is 32.3. The molecule has 0 aromatic carbocycles. The summed E-state index contributed by atoms with van der Waals surface area (Å²) < 4.78 is 0. The number of amides is 2. The highest BCUT2D eigenvalue weighted by atomic mass is 32.2. The molecule has 1 heterocycles. The molecule has 1 N–H and O–H groups in total. The molecule has 5 heteroatoms. The second-order valence-electron chi connectivity index (χ2n) is 5.77. The molecule has 2 amide bonds. The molecule has 1 saturated heterocycles. The molecule has 0 unspecified atom stereocenters. The van der Waals surface area contributed by atoms with Gasteiger partial charge >= 0.3 is 0 Å². The second kappa shape index (κ2) is 5.11. The van der Waals surface area contributed by atoms with Gasteiger partial charge in [-0.3, -0.25) is 9.59 Å². The molecular weight excluding hydrogens is 248 g/mol. The summed E-state index contributed by atoms with van der Waals surface area (Å²) in [5.74, 6) is 0.0290. The Hall–Kier alpha value is -0.710. The van der Waals surface area contributed by atoms with Crippen molar-refractivity contribution >= 4 is 23.6 Å². The predicted octanol–water partition coefficient (Wildman–Crippen LogP) is 1.40. The lowest BCUT2D eigenvalue weighted by atomic mass is 9.90. The van der Waals surface area contributed by atoms with Crippen LogP contribution in [0, 0.1) is 0 Å².